The van der Waals surface area contributed by atoms with E-state index in [1.54, 1.807) is 28.8 Å². The van der Waals surface area contributed by atoms with Crippen LogP contribution in [0.2, 0.25) is 0 Å². The number of furan rings is 1. The van der Waals surface area contributed by atoms with E-state index in [0.29, 0.717) is 18.1 Å². The van der Waals surface area contributed by atoms with Gasteiger partial charge in [-0.05, 0) is 28.8 Å². The van der Waals surface area contributed by atoms with Gasteiger partial charge in [-0.1, -0.05) is 77.7 Å². The van der Waals surface area contributed by atoms with Gasteiger partial charge in [-0.25, -0.2) is 0 Å². The molecule has 9 heteroatoms. The molecule has 166 valence electrons. The minimum absolute atomic E-state index is 0.211. The molecule has 0 aliphatic carbocycles. The third-order valence-electron chi connectivity index (χ3n) is 5.39. The summed E-state index contributed by atoms with van der Waals surface area (Å²) in [6, 6.07) is 20.5. The smallest absolute Gasteiger partial charge is 0.290 e. The lowest BCUT2D eigenvalue weighted by molar-refractivity contribution is -0.121. The number of anilines is 1. The molecule has 0 bridgehead atoms. The van der Waals surface area contributed by atoms with Crippen molar-refractivity contribution in [3.63, 3.8) is 0 Å². The van der Waals surface area contributed by atoms with Gasteiger partial charge in [-0.2, -0.15) is 0 Å². The molecule has 7 nitrogen and oxygen atoms in total. The van der Waals surface area contributed by atoms with E-state index in [1.807, 2.05) is 42.5 Å². The summed E-state index contributed by atoms with van der Waals surface area (Å²) in [6.45, 7) is 0.335. The number of fused-ring (bicyclic) bond motifs is 1. The molecule has 0 saturated carbocycles. The zero-order valence-electron chi connectivity index (χ0n) is 17.5. The van der Waals surface area contributed by atoms with Crippen LogP contribution in [0, 0.1) is 0 Å². The molecule has 1 aliphatic heterocycles. The van der Waals surface area contributed by atoms with Crippen molar-refractivity contribution in [2.24, 2.45) is 0 Å². The number of aromatic nitrogens is 2. The first-order valence-corrected chi connectivity index (χ1v) is 12.2. The Hall–Kier alpha value is -3.43. The number of rotatable bonds is 6. The molecule has 1 atom stereocenters. The van der Waals surface area contributed by atoms with Gasteiger partial charge < -0.3 is 9.32 Å². The van der Waals surface area contributed by atoms with Crippen LogP contribution >= 0.6 is 23.1 Å². The Morgan fingerprint density at radius 2 is 1.82 bits per heavy atom. The number of carbonyl (C=O) groups is 2. The van der Waals surface area contributed by atoms with Crippen molar-refractivity contribution in [2.75, 3.05) is 5.32 Å². The van der Waals surface area contributed by atoms with Crippen LogP contribution in [0.4, 0.5) is 5.13 Å². The van der Waals surface area contributed by atoms with Crippen LogP contribution in [-0.4, -0.2) is 33.0 Å². The minimum atomic E-state index is -0.679. The third kappa shape index (κ3) is 4.84. The Labute approximate surface area is 198 Å². The van der Waals surface area contributed by atoms with E-state index in [0.717, 1.165) is 21.2 Å². The predicted molar refractivity (Wildman–Crippen MR) is 127 cm³/mol. The number of hydrogen-bond donors (Lipinski definition) is 1. The normalized spacial score (nSPS) is 15.2. The van der Waals surface area contributed by atoms with Gasteiger partial charge in [0.1, 0.15) is 6.04 Å². The number of hydrogen-bond acceptors (Lipinski definition) is 7. The number of thioether (sulfide) groups is 1. The molecule has 4 aromatic rings. The second kappa shape index (κ2) is 9.60. The van der Waals surface area contributed by atoms with E-state index in [9.17, 15) is 9.59 Å². The molecule has 1 aliphatic rings. The van der Waals surface area contributed by atoms with Gasteiger partial charge in [0.05, 0.1) is 6.26 Å². The van der Waals surface area contributed by atoms with Crippen LogP contribution in [0.25, 0.3) is 0 Å². The van der Waals surface area contributed by atoms with Gasteiger partial charge in [0.15, 0.2) is 10.1 Å². The van der Waals surface area contributed by atoms with Gasteiger partial charge in [-0.15, -0.1) is 10.2 Å². The first kappa shape index (κ1) is 21.4. The summed E-state index contributed by atoms with van der Waals surface area (Å²) in [4.78, 5) is 27.9. The maximum atomic E-state index is 13.2. The minimum Gasteiger partial charge on any atom is -0.459 e. The maximum absolute atomic E-state index is 13.2. The van der Waals surface area contributed by atoms with Gasteiger partial charge >= 0.3 is 0 Å². The Balaban J connectivity index is 1.31. The summed E-state index contributed by atoms with van der Waals surface area (Å²) < 4.78 is 6.07. The zero-order valence-corrected chi connectivity index (χ0v) is 19.1. The second-order valence-corrected chi connectivity index (χ2v) is 9.74. The van der Waals surface area contributed by atoms with E-state index in [-0.39, 0.29) is 17.6 Å². The van der Waals surface area contributed by atoms with Crippen molar-refractivity contribution in [3.8, 4) is 0 Å². The van der Waals surface area contributed by atoms with Crippen LogP contribution < -0.4 is 5.32 Å². The van der Waals surface area contributed by atoms with Gasteiger partial charge in [0.25, 0.3) is 5.91 Å². The Kier molecular flexibility index (Phi) is 6.23. The van der Waals surface area contributed by atoms with E-state index in [1.165, 1.54) is 23.2 Å². The molecule has 3 heterocycles. The number of nitrogens with one attached hydrogen (secondary N) is 1. The molecule has 33 heavy (non-hydrogen) atoms. The topological polar surface area (TPSA) is 88.3 Å². The summed E-state index contributed by atoms with van der Waals surface area (Å²) in [5.41, 5.74) is 3.27. The van der Waals surface area contributed by atoms with Crippen molar-refractivity contribution in [1.82, 2.24) is 15.1 Å². The Morgan fingerprint density at radius 1 is 1.03 bits per heavy atom. The molecular weight excluding hydrogens is 456 g/mol. The molecule has 0 saturated heterocycles. The molecule has 1 unspecified atom stereocenters. The molecule has 2 aromatic heterocycles. The Morgan fingerprint density at radius 3 is 2.61 bits per heavy atom. The fraction of sp³-hybridized carbons (Fsp3) is 0.167. The molecule has 2 amide bonds. The number of amides is 2. The first-order chi connectivity index (χ1) is 16.2. The lowest BCUT2D eigenvalue weighted by Gasteiger charge is -2.35. The fourth-order valence-electron chi connectivity index (χ4n) is 3.74. The first-order valence-electron chi connectivity index (χ1n) is 10.4. The van der Waals surface area contributed by atoms with Crippen LogP contribution in [0.15, 0.2) is 81.8 Å². The van der Waals surface area contributed by atoms with E-state index in [4.69, 9.17) is 4.42 Å². The highest BCUT2D eigenvalue weighted by atomic mass is 32.2. The zero-order chi connectivity index (χ0) is 22.6. The summed E-state index contributed by atoms with van der Waals surface area (Å²) in [7, 11) is 0. The van der Waals surface area contributed by atoms with Crippen molar-refractivity contribution >= 4 is 40.0 Å². The summed E-state index contributed by atoms with van der Waals surface area (Å²) in [5, 5.41) is 11.6. The molecule has 2 aromatic carbocycles. The number of benzene rings is 2. The largest absolute Gasteiger partial charge is 0.459 e. The van der Waals surface area contributed by atoms with E-state index < -0.39 is 6.04 Å². The fourth-order valence-corrected chi connectivity index (χ4v) is 5.45. The average molecular weight is 477 g/mol. The van der Waals surface area contributed by atoms with Gasteiger partial charge in [0, 0.05) is 18.7 Å². The summed E-state index contributed by atoms with van der Waals surface area (Å²) >= 11 is 2.89. The highest BCUT2D eigenvalue weighted by molar-refractivity contribution is 8.00. The molecule has 0 spiro atoms. The highest BCUT2D eigenvalue weighted by Crippen LogP contribution is 2.30. The van der Waals surface area contributed by atoms with E-state index >= 15 is 0 Å². The van der Waals surface area contributed by atoms with Crippen LogP contribution in [0.1, 0.15) is 27.2 Å². The highest BCUT2D eigenvalue weighted by Gasteiger charge is 2.36. The lowest BCUT2D eigenvalue weighted by Crippen LogP contribution is -2.50. The van der Waals surface area contributed by atoms with Crippen LogP contribution in [0.5, 0.6) is 0 Å². The maximum Gasteiger partial charge on any atom is 0.290 e. The standard InChI is InChI=1S/C24H20N4O3S2/c29-21(25-23-26-27-24(33-23)32-15-16-7-2-1-3-8-16)19-13-17-9-4-5-10-18(17)14-28(19)22(30)20-11-6-12-31-20/h1-12,19H,13-15H2,(H,25,26,29). The summed E-state index contributed by atoms with van der Waals surface area (Å²) in [5.74, 6) is 0.378. The van der Waals surface area contributed by atoms with Crippen LogP contribution in [-0.2, 0) is 23.5 Å². The van der Waals surface area contributed by atoms with Crippen molar-refractivity contribution < 1.29 is 14.0 Å². The van der Waals surface area contributed by atoms with Crippen molar-refractivity contribution in [3.05, 3.63) is 95.4 Å². The number of carbonyl (C=O) groups excluding carboxylic acids is 2. The number of nitrogens with zero attached hydrogens (tertiary/aromatic N) is 3. The molecule has 0 radical (unpaired) electrons. The van der Waals surface area contributed by atoms with Gasteiger partial charge in [-0.3, -0.25) is 14.9 Å². The summed E-state index contributed by atoms with van der Waals surface area (Å²) in [6.07, 6.45) is 1.87. The average Bonchev–Trinajstić information content (AvgIpc) is 3.55. The molecule has 0 fully saturated rings. The van der Waals surface area contributed by atoms with Crippen LogP contribution in [0.3, 0.4) is 0 Å². The predicted octanol–water partition coefficient (Wildman–Crippen LogP) is 4.63. The molecule has 5 rings (SSSR count). The van der Waals surface area contributed by atoms with Gasteiger partial charge in [0.2, 0.25) is 11.0 Å². The second-order valence-electron chi connectivity index (χ2n) is 7.54. The molecule has 1 N–H and O–H groups in total. The molecular formula is C24H20N4O3S2. The van der Waals surface area contributed by atoms with E-state index in [2.05, 4.69) is 27.6 Å². The van der Waals surface area contributed by atoms with Crippen molar-refractivity contribution in [1.29, 1.82) is 0 Å². The Bertz CT molecular complexity index is 1260. The third-order valence-corrected chi connectivity index (χ3v) is 7.43. The lowest BCUT2D eigenvalue weighted by atomic mass is 9.93. The van der Waals surface area contributed by atoms with Crippen molar-refractivity contribution in [2.45, 2.75) is 29.1 Å². The quantitative estimate of drug-likeness (QED) is 0.322. The monoisotopic (exact) mass is 476 g/mol. The SMILES string of the molecule is O=C(Nc1nnc(SCc2ccccc2)s1)C1Cc2ccccc2CN1C(=O)c1ccco1.